The smallest absolute Gasteiger partial charge is 0.121 e. The Labute approximate surface area is 64.9 Å². The lowest BCUT2D eigenvalue weighted by molar-refractivity contribution is 0.0283. The van der Waals surface area contributed by atoms with Crippen LogP contribution in [0.2, 0.25) is 0 Å². The van der Waals surface area contributed by atoms with E-state index in [2.05, 4.69) is 0 Å². The summed E-state index contributed by atoms with van der Waals surface area (Å²) >= 11 is 1.43. The van der Waals surface area contributed by atoms with Gasteiger partial charge >= 0.3 is 0 Å². The van der Waals surface area contributed by atoms with Crippen molar-refractivity contribution in [2.24, 2.45) is 0 Å². The predicted octanol–water partition coefficient (Wildman–Crippen LogP) is -2.22. The summed E-state index contributed by atoms with van der Waals surface area (Å²) in [7, 11) is 1.84. The molecule has 3 nitrogen and oxygen atoms in total. The second-order valence-corrected chi connectivity index (χ2v) is 4.16. The van der Waals surface area contributed by atoms with Crippen LogP contribution in [-0.4, -0.2) is 52.4 Å². The number of rotatable bonds is 1. The highest BCUT2D eigenvalue weighted by Crippen LogP contribution is 2.31. The number of aliphatic hydroxyl groups excluding tert-OH is 3. The van der Waals surface area contributed by atoms with E-state index < -0.39 is 12.2 Å². The number of aliphatic hydroxyl groups is 3. The molecule has 0 bridgehead atoms. The predicted molar refractivity (Wildman–Crippen MR) is 42.8 cm³/mol. The van der Waals surface area contributed by atoms with Crippen LogP contribution < -0.4 is 0 Å². The maximum absolute atomic E-state index is 9.20. The molecule has 5 heteroatoms. The minimum absolute atomic E-state index is 0.0344. The highest BCUT2D eigenvalue weighted by molar-refractivity contribution is 8.02. The average Bonchev–Trinajstić information content (AvgIpc) is 2.17. The van der Waals surface area contributed by atoms with E-state index in [1.54, 1.807) is 0 Å². The highest BCUT2D eigenvalue weighted by Gasteiger charge is 2.38. The summed E-state index contributed by atoms with van der Waals surface area (Å²) in [5.74, 6) is 0. The SMILES string of the molecule is B[C@@H]1S[C@H](CO)C(O)[C@@H]1O. The minimum atomic E-state index is -0.759. The molecule has 0 spiro atoms. The summed E-state index contributed by atoms with van der Waals surface area (Å²) in [5.41, 5.74) is 0. The van der Waals surface area contributed by atoms with Gasteiger partial charge in [0.1, 0.15) is 7.85 Å². The van der Waals surface area contributed by atoms with Crippen LogP contribution in [0.3, 0.4) is 0 Å². The minimum Gasteiger partial charge on any atom is -0.395 e. The molecule has 4 atom stereocenters. The third-order valence-electron chi connectivity index (χ3n) is 1.78. The van der Waals surface area contributed by atoms with Crippen molar-refractivity contribution in [2.75, 3.05) is 6.61 Å². The third kappa shape index (κ3) is 1.32. The van der Waals surface area contributed by atoms with E-state index in [9.17, 15) is 10.2 Å². The van der Waals surface area contributed by atoms with Crippen molar-refractivity contribution < 1.29 is 15.3 Å². The van der Waals surface area contributed by atoms with Crippen LogP contribution in [0.25, 0.3) is 0 Å². The Kier molecular flexibility index (Phi) is 2.63. The third-order valence-corrected chi connectivity index (χ3v) is 3.27. The molecule has 1 rings (SSSR count). The zero-order chi connectivity index (χ0) is 7.72. The molecular weight excluding hydrogens is 151 g/mol. The van der Waals surface area contributed by atoms with E-state index in [1.165, 1.54) is 11.8 Å². The van der Waals surface area contributed by atoms with Gasteiger partial charge in [-0.15, -0.1) is 0 Å². The first kappa shape index (κ1) is 8.39. The molecule has 1 saturated heterocycles. The molecule has 3 N–H and O–H groups in total. The van der Waals surface area contributed by atoms with E-state index in [4.69, 9.17) is 5.11 Å². The summed E-state index contributed by atoms with van der Waals surface area (Å²) in [6.45, 7) is -0.0623. The molecule has 0 aromatic rings. The van der Waals surface area contributed by atoms with Crippen LogP contribution in [0.5, 0.6) is 0 Å². The van der Waals surface area contributed by atoms with E-state index in [-0.39, 0.29) is 17.0 Å². The summed E-state index contributed by atoms with van der Waals surface area (Å²) in [4.78, 5) is 0. The lowest BCUT2D eigenvalue weighted by atomic mass is 9.94. The van der Waals surface area contributed by atoms with Crippen molar-refractivity contribution in [1.82, 2.24) is 0 Å². The molecule has 0 aromatic heterocycles. The molecule has 0 aromatic carbocycles. The number of thioether (sulfide) groups is 1. The molecule has 1 unspecified atom stereocenters. The van der Waals surface area contributed by atoms with E-state index >= 15 is 0 Å². The quantitative estimate of drug-likeness (QED) is 0.382. The van der Waals surface area contributed by atoms with Crippen molar-refractivity contribution in [1.29, 1.82) is 0 Å². The molecule has 1 fully saturated rings. The van der Waals surface area contributed by atoms with Crippen LogP contribution in [0.15, 0.2) is 0 Å². The molecule has 10 heavy (non-hydrogen) atoms. The van der Waals surface area contributed by atoms with Crippen LogP contribution in [0, 0.1) is 0 Å². The molecule has 0 aliphatic carbocycles. The zero-order valence-corrected chi connectivity index (χ0v) is 6.58. The van der Waals surface area contributed by atoms with E-state index in [1.807, 2.05) is 7.85 Å². The fraction of sp³-hybridized carbons (Fsp3) is 1.00. The first-order valence-corrected chi connectivity index (χ1v) is 4.23. The van der Waals surface area contributed by atoms with Gasteiger partial charge < -0.3 is 15.3 Å². The molecule has 1 aliphatic rings. The molecule has 0 saturated carbocycles. The maximum atomic E-state index is 9.20. The van der Waals surface area contributed by atoms with E-state index in [0.717, 1.165) is 0 Å². The molecule has 0 radical (unpaired) electrons. The van der Waals surface area contributed by atoms with Gasteiger partial charge in [-0.1, -0.05) is 0 Å². The van der Waals surface area contributed by atoms with Gasteiger partial charge in [-0.3, -0.25) is 0 Å². The molecule has 0 amide bonds. The second-order valence-electron chi connectivity index (χ2n) is 2.54. The van der Waals surface area contributed by atoms with Crippen molar-refractivity contribution in [3.63, 3.8) is 0 Å². The van der Waals surface area contributed by atoms with Crippen molar-refractivity contribution >= 4 is 19.6 Å². The standard InChI is InChI=1S/C5H11BO3S/c6-5-4(9)3(8)2(1-7)10-5/h2-5,7-9H,1,6H2/t2-,3?,4+,5-/m1/s1. The Balaban J connectivity index is 2.53. The summed E-state index contributed by atoms with van der Waals surface area (Å²) in [6, 6.07) is 0. The van der Waals surface area contributed by atoms with Gasteiger partial charge in [0.05, 0.1) is 24.1 Å². The Bertz CT molecular complexity index is 123. The van der Waals surface area contributed by atoms with Crippen molar-refractivity contribution in [2.45, 2.75) is 22.6 Å². The summed E-state index contributed by atoms with van der Waals surface area (Å²) in [6.07, 6.45) is -1.44. The fourth-order valence-corrected chi connectivity index (χ4v) is 2.37. The highest BCUT2D eigenvalue weighted by atomic mass is 32.2. The van der Waals surface area contributed by atoms with Gasteiger partial charge in [-0.2, -0.15) is 11.8 Å². The van der Waals surface area contributed by atoms with Crippen LogP contribution in [-0.2, 0) is 0 Å². The summed E-state index contributed by atoms with van der Waals surface area (Å²) in [5, 5.41) is 26.9. The largest absolute Gasteiger partial charge is 0.395 e. The van der Waals surface area contributed by atoms with Gasteiger partial charge in [-0.25, -0.2) is 0 Å². The van der Waals surface area contributed by atoms with Crippen molar-refractivity contribution in [3.05, 3.63) is 0 Å². The van der Waals surface area contributed by atoms with Crippen LogP contribution >= 0.6 is 11.8 Å². The molecule has 1 aliphatic heterocycles. The Morgan fingerprint density at radius 1 is 1.30 bits per heavy atom. The van der Waals surface area contributed by atoms with Gasteiger partial charge in [0.15, 0.2) is 0 Å². The second kappa shape index (κ2) is 3.13. The zero-order valence-electron chi connectivity index (χ0n) is 5.77. The maximum Gasteiger partial charge on any atom is 0.121 e. The summed E-state index contributed by atoms with van der Waals surface area (Å²) < 4.78 is 0. The number of hydrogen-bond acceptors (Lipinski definition) is 4. The van der Waals surface area contributed by atoms with Gasteiger partial charge in [0.25, 0.3) is 0 Å². The topological polar surface area (TPSA) is 60.7 Å². The lowest BCUT2D eigenvalue weighted by Crippen LogP contribution is -2.33. The molecule has 58 valence electrons. The fourth-order valence-electron chi connectivity index (χ4n) is 1.09. The van der Waals surface area contributed by atoms with Gasteiger partial charge in [0, 0.05) is 5.15 Å². The Morgan fingerprint density at radius 3 is 2.10 bits per heavy atom. The van der Waals surface area contributed by atoms with Crippen LogP contribution in [0.1, 0.15) is 0 Å². The molecule has 1 heterocycles. The normalized spacial score (nSPS) is 47.9. The Hall–Kier alpha value is 0.295. The monoisotopic (exact) mass is 162 g/mol. The van der Waals surface area contributed by atoms with Crippen LogP contribution in [0.4, 0.5) is 0 Å². The van der Waals surface area contributed by atoms with Gasteiger partial charge in [0.2, 0.25) is 0 Å². The first-order valence-electron chi connectivity index (χ1n) is 3.29. The van der Waals surface area contributed by atoms with Gasteiger partial charge in [-0.05, 0) is 0 Å². The average molecular weight is 162 g/mol. The number of hydrogen-bond donors (Lipinski definition) is 3. The Morgan fingerprint density at radius 2 is 1.90 bits per heavy atom. The molecular formula is C5H11BO3S. The first-order chi connectivity index (χ1) is 4.66. The van der Waals surface area contributed by atoms with Crippen molar-refractivity contribution in [3.8, 4) is 0 Å². The van der Waals surface area contributed by atoms with E-state index in [0.29, 0.717) is 0 Å². The lowest BCUT2D eigenvalue weighted by Gasteiger charge is -2.12.